The van der Waals surface area contributed by atoms with Gasteiger partial charge in [-0.15, -0.1) is 11.3 Å². The van der Waals surface area contributed by atoms with Gasteiger partial charge in [-0.25, -0.2) is 10.2 Å². The predicted molar refractivity (Wildman–Crippen MR) is 158 cm³/mol. The highest BCUT2D eigenvalue weighted by atomic mass is 35.5. The standard InChI is InChI=1S/C29H29Cl2N3O5S/c1-4-38-29(37)25-21-11-5-16(2)13-24(21)40-28(25)33-27(36)19-7-9-20(10-8-19)39-17(3)26(35)34-32-15-18-6-12-22(30)23(31)14-18/h6-10,12,14-17H,4-5,11,13H2,1-3H3,(H,33,36)(H,34,35)/b32-15+. The second-order valence-corrected chi connectivity index (χ2v) is 11.3. The van der Waals surface area contributed by atoms with E-state index in [0.29, 0.717) is 43.4 Å². The number of benzene rings is 2. The van der Waals surface area contributed by atoms with E-state index in [0.717, 1.165) is 29.7 Å². The number of hydrogen-bond donors (Lipinski definition) is 2. The molecule has 2 amide bonds. The van der Waals surface area contributed by atoms with Crippen molar-refractivity contribution in [1.82, 2.24) is 5.43 Å². The molecular formula is C29H29Cl2N3O5S. The lowest BCUT2D eigenvalue weighted by molar-refractivity contribution is -0.127. The van der Waals surface area contributed by atoms with Crippen LogP contribution in [-0.2, 0) is 22.4 Å². The molecule has 2 atom stereocenters. The highest BCUT2D eigenvalue weighted by Gasteiger charge is 2.29. The highest BCUT2D eigenvalue weighted by molar-refractivity contribution is 7.17. The van der Waals surface area contributed by atoms with E-state index in [4.69, 9.17) is 32.7 Å². The summed E-state index contributed by atoms with van der Waals surface area (Å²) in [4.78, 5) is 39.3. The molecule has 0 saturated carbocycles. The van der Waals surface area contributed by atoms with Gasteiger partial charge in [0.2, 0.25) is 0 Å². The SMILES string of the molecule is CCOC(=O)c1c(NC(=O)c2ccc(OC(C)C(=O)N/N=C/c3ccc(Cl)c(Cl)c3)cc2)sc2c1CCC(C)C2. The minimum atomic E-state index is -0.849. The lowest BCUT2D eigenvalue weighted by atomic mass is 9.88. The molecule has 0 radical (unpaired) electrons. The third-order valence-electron chi connectivity index (χ3n) is 6.35. The summed E-state index contributed by atoms with van der Waals surface area (Å²) in [7, 11) is 0. The van der Waals surface area contributed by atoms with E-state index in [9.17, 15) is 14.4 Å². The fourth-order valence-electron chi connectivity index (χ4n) is 4.23. The van der Waals surface area contributed by atoms with Crippen molar-refractivity contribution in [1.29, 1.82) is 0 Å². The average molecular weight is 603 g/mol. The van der Waals surface area contributed by atoms with Gasteiger partial charge >= 0.3 is 5.97 Å². The Morgan fingerprint density at radius 1 is 1.15 bits per heavy atom. The first-order chi connectivity index (χ1) is 19.2. The molecule has 0 aliphatic heterocycles. The molecule has 0 spiro atoms. The van der Waals surface area contributed by atoms with E-state index in [1.54, 1.807) is 56.3 Å². The van der Waals surface area contributed by atoms with Crippen LogP contribution in [0.5, 0.6) is 5.75 Å². The number of ether oxygens (including phenoxy) is 2. The van der Waals surface area contributed by atoms with Crippen LogP contribution in [0.25, 0.3) is 0 Å². The smallest absolute Gasteiger partial charge is 0.341 e. The van der Waals surface area contributed by atoms with Crippen LogP contribution in [0.2, 0.25) is 10.0 Å². The minimum Gasteiger partial charge on any atom is -0.481 e. The number of amides is 2. The molecule has 8 nitrogen and oxygen atoms in total. The summed E-state index contributed by atoms with van der Waals surface area (Å²) in [5.74, 6) is -0.300. The van der Waals surface area contributed by atoms with E-state index in [1.807, 2.05) is 0 Å². The zero-order chi connectivity index (χ0) is 28.8. The molecule has 1 aliphatic carbocycles. The van der Waals surface area contributed by atoms with E-state index in [1.165, 1.54) is 17.6 Å². The molecule has 0 bridgehead atoms. The van der Waals surface area contributed by atoms with Crippen molar-refractivity contribution in [2.75, 3.05) is 11.9 Å². The van der Waals surface area contributed by atoms with Gasteiger partial charge in [0.1, 0.15) is 10.8 Å². The monoisotopic (exact) mass is 601 g/mol. The Morgan fingerprint density at radius 3 is 2.60 bits per heavy atom. The predicted octanol–water partition coefficient (Wildman–Crippen LogP) is 6.53. The lowest BCUT2D eigenvalue weighted by Crippen LogP contribution is -2.33. The Kier molecular flexibility index (Phi) is 9.84. The Bertz CT molecular complexity index is 1440. The topological polar surface area (TPSA) is 106 Å². The lowest BCUT2D eigenvalue weighted by Gasteiger charge is -2.18. The first-order valence-corrected chi connectivity index (χ1v) is 14.4. The van der Waals surface area contributed by atoms with E-state index < -0.39 is 18.0 Å². The van der Waals surface area contributed by atoms with Crippen LogP contribution < -0.4 is 15.5 Å². The number of hydrogen-bond acceptors (Lipinski definition) is 7. The molecule has 4 rings (SSSR count). The van der Waals surface area contributed by atoms with Crippen molar-refractivity contribution < 1.29 is 23.9 Å². The molecule has 1 aliphatic rings. The maximum atomic E-state index is 13.0. The number of carbonyl (C=O) groups is 3. The second-order valence-electron chi connectivity index (χ2n) is 9.42. The zero-order valence-electron chi connectivity index (χ0n) is 22.3. The summed E-state index contributed by atoms with van der Waals surface area (Å²) in [6.07, 6.45) is 3.25. The van der Waals surface area contributed by atoms with Crippen LogP contribution in [0.15, 0.2) is 47.6 Å². The van der Waals surface area contributed by atoms with E-state index >= 15 is 0 Å². The Labute approximate surface area is 246 Å². The fourth-order valence-corrected chi connectivity index (χ4v) is 5.93. The van der Waals surface area contributed by atoms with Gasteiger partial charge in [-0.05, 0) is 86.6 Å². The molecule has 40 heavy (non-hydrogen) atoms. The molecule has 0 saturated heterocycles. The summed E-state index contributed by atoms with van der Waals surface area (Å²) in [6, 6.07) is 11.4. The Hall–Kier alpha value is -3.40. The zero-order valence-corrected chi connectivity index (χ0v) is 24.6. The van der Waals surface area contributed by atoms with Crippen LogP contribution in [0.3, 0.4) is 0 Å². The number of anilines is 1. The van der Waals surface area contributed by atoms with Crippen LogP contribution in [0.1, 0.15) is 63.9 Å². The van der Waals surface area contributed by atoms with Crippen molar-refractivity contribution in [3.8, 4) is 5.75 Å². The van der Waals surface area contributed by atoms with Gasteiger partial charge in [0.15, 0.2) is 6.10 Å². The third-order valence-corrected chi connectivity index (χ3v) is 8.26. The van der Waals surface area contributed by atoms with Gasteiger partial charge in [-0.1, -0.05) is 36.2 Å². The van der Waals surface area contributed by atoms with Crippen LogP contribution in [-0.4, -0.2) is 36.7 Å². The summed E-state index contributed by atoms with van der Waals surface area (Å²) in [5.41, 5.74) is 4.91. The number of carbonyl (C=O) groups excluding carboxylic acids is 3. The van der Waals surface area contributed by atoms with Crippen LogP contribution in [0, 0.1) is 5.92 Å². The number of halogens is 2. The van der Waals surface area contributed by atoms with Crippen LogP contribution in [0.4, 0.5) is 5.00 Å². The number of nitrogens with one attached hydrogen (secondary N) is 2. The molecule has 3 aromatic rings. The van der Waals surface area contributed by atoms with Crippen molar-refractivity contribution in [2.24, 2.45) is 11.0 Å². The number of hydrazone groups is 1. The van der Waals surface area contributed by atoms with Crippen molar-refractivity contribution >= 4 is 63.5 Å². The van der Waals surface area contributed by atoms with Gasteiger partial charge < -0.3 is 14.8 Å². The first kappa shape index (κ1) is 29.6. The minimum absolute atomic E-state index is 0.259. The Balaban J connectivity index is 1.37. The van der Waals surface area contributed by atoms with E-state index in [-0.39, 0.29) is 12.5 Å². The molecular weight excluding hydrogens is 573 g/mol. The maximum absolute atomic E-state index is 13.0. The van der Waals surface area contributed by atoms with Crippen molar-refractivity contribution in [3.05, 3.63) is 79.6 Å². The number of thiophene rings is 1. The fraction of sp³-hybridized carbons (Fsp3) is 0.310. The van der Waals surface area contributed by atoms with Crippen molar-refractivity contribution in [3.63, 3.8) is 0 Å². The summed E-state index contributed by atoms with van der Waals surface area (Å²) >= 11 is 13.3. The first-order valence-electron chi connectivity index (χ1n) is 12.8. The number of fused-ring (bicyclic) bond motifs is 1. The molecule has 2 N–H and O–H groups in total. The summed E-state index contributed by atoms with van der Waals surface area (Å²) in [6.45, 7) is 5.79. The number of rotatable bonds is 9. The van der Waals surface area contributed by atoms with Gasteiger partial charge in [0, 0.05) is 10.4 Å². The highest BCUT2D eigenvalue weighted by Crippen LogP contribution is 2.40. The van der Waals surface area contributed by atoms with Crippen LogP contribution >= 0.6 is 34.5 Å². The van der Waals surface area contributed by atoms with Gasteiger partial charge in [-0.3, -0.25) is 9.59 Å². The molecule has 1 aromatic heterocycles. The molecule has 2 aromatic carbocycles. The maximum Gasteiger partial charge on any atom is 0.341 e. The molecule has 0 fully saturated rings. The third kappa shape index (κ3) is 7.21. The van der Waals surface area contributed by atoms with Crippen molar-refractivity contribution in [2.45, 2.75) is 46.1 Å². The molecule has 11 heteroatoms. The molecule has 1 heterocycles. The average Bonchev–Trinajstić information content (AvgIpc) is 3.27. The summed E-state index contributed by atoms with van der Waals surface area (Å²) < 4.78 is 11.0. The quantitative estimate of drug-likeness (QED) is 0.165. The van der Waals surface area contributed by atoms with E-state index in [2.05, 4.69) is 22.8 Å². The van der Waals surface area contributed by atoms with Gasteiger partial charge in [0.05, 0.1) is 28.4 Å². The second kappa shape index (κ2) is 13.3. The van der Waals surface area contributed by atoms with Gasteiger partial charge in [-0.2, -0.15) is 5.10 Å². The molecule has 210 valence electrons. The largest absolute Gasteiger partial charge is 0.481 e. The number of nitrogens with zero attached hydrogens (tertiary/aromatic N) is 1. The Morgan fingerprint density at radius 2 is 1.90 bits per heavy atom. The summed E-state index contributed by atoms with van der Waals surface area (Å²) in [5, 5.41) is 8.14. The van der Waals surface area contributed by atoms with Gasteiger partial charge in [0.25, 0.3) is 11.8 Å². The molecule has 2 unspecified atom stereocenters. The number of esters is 1. The normalized spacial score (nSPS) is 15.3.